The molecular weight excluding hydrogens is 202 g/mol. The average Bonchev–Trinajstić information content (AvgIpc) is 2.17. The summed E-state index contributed by atoms with van der Waals surface area (Å²) < 4.78 is 0. The van der Waals surface area contributed by atoms with Crippen molar-refractivity contribution in [3.63, 3.8) is 0 Å². The van der Waals surface area contributed by atoms with Gasteiger partial charge in [-0.05, 0) is 39.4 Å². The van der Waals surface area contributed by atoms with Gasteiger partial charge in [-0.25, -0.2) is 0 Å². The third kappa shape index (κ3) is 3.76. The molecule has 2 N–H and O–H groups in total. The molecule has 4 nitrogen and oxygen atoms in total. The van der Waals surface area contributed by atoms with E-state index in [-0.39, 0.29) is 11.9 Å². The lowest BCUT2D eigenvalue weighted by atomic mass is 10.0. The van der Waals surface area contributed by atoms with Crippen LogP contribution in [0, 0.1) is 5.92 Å². The lowest BCUT2D eigenvalue weighted by Crippen LogP contribution is -2.53. The van der Waals surface area contributed by atoms with Crippen molar-refractivity contribution in [3.05, 3.63) is 0 Å². The summed E-state index contributed by atoms with van der Waals surface area (Å²) in [4.78, 5) is 14.1. The predicted octanol–water partition coefficient (Wildman–Crippen LogP) is 0.441. The molecule has 0 aromatic rings. The molecule has 1 aliphatic rings. The molecule has 0 aromatic carbocycles. The zero-order chi connectivity index (χ0) is 12.1. The summed E-state index contributed by atoms with van der Waals surface area (Å²) in [6.07, 6.45) is 2.25. The molecule has 1 aliphatic heterocycles. The first-order chi connectivity index (χ1) is 7.52. The molecule has 0 saturated carbocycles. The van der Waals surface area contributed by atoms with Crippen LogP contribution in [0.25, 0.3) is 0 Å². The molecule has 0 spiro atoms. The van der Waals surface area contributed by atoms with Crippen molar-refractivity contribution in [2.45, 2.75) is 38.8 Å². The van der Waals surface area contributed by atoms with Gasteiger partial charge < -0.3 is 10.6 Å². The van der Waals surface area contributed by atoms with Crippen LogP contribution in [-0.4, -0.2) is 50.1 Å². The second-order valence-corrected chi connectivity index (χ2v) is 5.20. The normalized spacial score (nSPS) is 23.5. The van der Waals surface area contributed by atoms with Crippen LogP contribution < -0.4 is 10.6 Å². The highest BCUT2D eigenvalue weighted by Crippen LogP contribution is 2.09. The average molecular weight is 227 g/mol. The van der Waals surface area contributed by atoms with Crippen LogP contribution in [-0.2, 0) is 4.79 Å². The summed E-state index contributed by atoms with van der Waals surface area (Å²) in [5.74, 6) is 0.500. The molecule has 1 heterocycles. The number of carbonyl (C=O) groups is 1. The number of nitrogens with zero attached hydrogens (tertiary/aromatic N) is 1. The third-order valence-corrected chi connectivity index (χ3v) is 3.10. The maximum absolute atomic E-state index is 12.1. The first kappa shape index (κ1) is 13.5. The number of piperidine rings is 1. The Morgan fingerprint density at radius 2 is 2.12 bits per heavy atom. The summed E-state index contributed by atoms with van der Waals surface area (Å²) in [5, 5.41) is 6.45. The van der Waals surface area contributed by atoms with E-state index in [4.69, 9.17) is 0 Å². The van der Waals surface area contributed by atoms with Crippen molar-refractivity contribution in [2.75, 3.05) is 27.2 Å². The Morgan fingerprint density at radius 3 is 2.56 bits per heavy atom. The fraction of sp³-hybridized carbons (Fsp3) is 0.917. The molecule has 0 radical (unpaired) electrons. The number of hydrogen-bond acceptors (Lipinski definition) is 3. The Labute approximate surface area is 98.8 Å². The molecule has 16 heavy (non-hydrogen) atoms. The topological polar surface area (TPSA) is 44.4 Å². The van der Waals surface area contributed by atoms with Crippen LogP contribution in [0.2, 0.25) is 0 Å². The second-order valence-electron chi connectivity index (χ2n) is 5.20. The van der Waals surface area contributed by atoms with Crippen LogP contribution in [0.15, 0.2) is 0 Å². The van der Waals surface area contributed by atoms with Gasteiger partial charge in [-0.3, -0.25) is 9.69 Å². The summed E-state index contributed by atoms with van der Waals surface area (Å²) in [6.45, 7) is 6.16. The van der Waals surface area contributed by atoms with Gasteiger partial charge in [0.25, 0.3) is 0 Å². The van der Waals surface area contributed by atoms with E-state index in [1.807, 2.05) is 19.0 Å². The number of rotatable bonds is 4. The summed E-state index contributed by atoms with van der Waals surface area (Å²) in [7, 11) is 3.92. The SMILES string of the molecule is CC(C)C(C(=O)NC1CCCNC1)N(C)C. The molecule has 0 aliphatic carbocycles. The van der Waals surface area contributed by atoms with Gasteiger partial charge in [0, 0.05) is 12.6 Å². The van der Waals surface area contributed by atoms with E-state index in [1.54, 1.807) is 0 Å². The van der Waals surface area contributed by atoms with Gasteiger partial charge in [-0.15, -0.1) is 0 Å². The van der Waals surface area contributed by atoms with Gasteiger partial charge in [-0.2, -0.15) is 0 Å². The minimum absolute atomic E-state index is 0.0260. The smallest absolute Gasteiger partial charge is 0.237 e. The van der Waals surface area contributed by atoms with E-state index >= 15 is 0 Å². The van der Waals surface area contributed by atoms with Gasteiger partial charge in [0.1, 0.15) is 0 Å². The number of carbonyl (C=O) groups excluding carboxylic acids is 1. The van der Waals surface area contributed by atoms with E-state index < -0.39 is 0 Å². The Kier molecular flexibility index (Phi) is 5.22. The lowest BCUT2D eigenvalue weighted by Gasteiger charge is -2.30. The van der Waals surface area contributed by atoms with E-state index in [9.17, 15) is 4.79 Å². The molecule has 2 atom stereocenters. The standard InChI is InChI=1S/C12H25N3O/c1-9(2)11(15(3)4)12(16)14-10-6-5-7-13-8-10/h9-11,13H,5-8H2,1-4H3,(H,14,16). The highest BCUT2D eigenvalue weighted by atomic mass is 16.2. The summed E-state index contributed by atoms with van der Waals surface area (Å²) in [5.41, 5.74) is 0. The second kappa shape index (κ2) is 6.21. The van der Waals surface area contributed by atoms with Gasteiger partial charge in [-0.1, -0.05) is 13.8 Å². The first-order valence-corrected chi connectivity index (χ1v) is 6.20. The number of likely N-dealkylation sites (N-methyl/N-ethyl adjacent to an activating group) is 1. The van der Waals surface area contributed by atoms with Crippen LogP contribution in [0.3, 0.4) is 0 Å². The predicted molar refractivity (Wildman–Crippen MR) is 66.3 cm³/mol. The van der Waals surface area contributed by atoms with Crippen molar-refractivity contribution >= 4 is 5.91 Å². The summed E-state index contributed by atoms with van der Waals surface area (Å²) >= 11 is 0. The van der Waals surface area contributed by atoms with Crippen LogP contribution in [0.4, 0.5) is 0 Å². The fourth-order valence-corrected chi connectivity index (χ4v) is 2.40. The van der Waals surface area contributed by atoms with Crippen molar-refractivity contribution in [1.82, 2.24) is 15.5 Å². The Balaban J connectivity index is 2.47. The van der Waals surface area contributed by atoms with Crippen molar-refractivity contribution < 1.29 is 4.79 Å². The van der Waals surface area contributed by atoms with Gasteiger partial charge >= 0.3 is 0 Å². The Bertz CT molecular complexity index is 214. The van der Waals surface area contributed by atoms with E-state index in [2.05, 4.69) is 24.5 Å². The van der Waals surface area contributed by atoms with Crippen LogP contribution in [0.1, 0.15) is 26.7 Å². The molecule has 0 aromatic heterocycles. The fourth-order valence-electron chi connectivity index (χ4n) is 2.40. The van der Waals surface area contributed by atoms with Crippen molar-refractivity contribution in [3.8, 4) is 0 Å². The van der Waals surface area contributed by atoms with E-state index in [0.717, 1.165) is 25.9 Å². The molecular formula is C12H25N3O. The Hall–Kier alpha value is -0.610. The number of nitrogens with one attached hydrogen (secondary N) is 2. The molecule has 0 bridgehead atoms. The molecule has 1 rings (SSSR count). The largest absolute Gasteiger partial charge is 0.351 e. The highest BCUT2D eigenvalue weighted by Gasteiger charge is 2.26. The monoisotopic (exact) mass is 227 g/mol. The molecule has 2 unspecified atom stereocenters. The van der Waals surface area contributed by atoms with Gasteiger partial charge in [0.15, 0.2) is 0 Å². The molecule has 1 saturated heterocycles. The third-order valence-electron chi connectivity index (χ3n) is 3.10. The quantitative estimate of drug-likeness (QED) is 0.732. The van der Waals surface area contributed by atoms with Crippen LogP contribution in [0.5, 0.6) is 0 Å². The van der Waals surface area contributed by atoms with Gasteiger partial charge in [0.05, 0.1) is 6.04 Å². The van der Waals surface area contributed by atoms with Crippen molar-refractivity contribution in [1.29, 1.82) is 0 Å². The summed E-state index contributed by atoms with van der Waals surface area (Å²) in [6, 6.07) is 0.282. The first-order valence-electron chi connectivity index (χ1n) is 6.20. The molecule has 1 fully saturated rings. The van der Waals surface area contributed by atoms with Crippen LogP contribution >= 0.6 is 0 Å². The zero-order valence-corrected chi connectivity index (χ0v) is 10.9. The van der Waals surface area contributed by atoms with E-state index in [0.29, 0.717) is 12.0 Å². The number of amides is 1. The highest BCUT2D eigenvalue weighted by molar-refractivity contribution is 5.82. The zero-order valence-electron chi connectivity index (χ0n) is 10.9. The minimum atomic E-state index is -0.0260. The molecule has 4 heteroatoms. The van der Waals surface area contributed by atoms with E-state index in [1.165, 1.54) is 0 Å². The number of hydrogen-bond donors (Lipinski definition) is 2. The minimum Gasteiger partial charge on any atom is -0.351 e. The Morgan fingerprint density at radius 1 is 1.44 bits per heavy atom. The maximum Gasteiger partial charge on any atom is 0.237 e. The molecule has 94 valence electrons. The molecule has 1 amide bonds. The maximum atomic E-state index is 12.1. The lowest BCUT2D eigenvalue weighted by molar-refractivity contribution is -0.127. The van der Waals surface area contributed by atoms with Gasteiger partial charge in [0.2, 0.25) is 5.91 Å². The van der Waals surface area contributed by atoms with Crippen molar-refractivity contribution in [2.24, 2.45) is 5.92 Å².